The van der Waals surface area contributed by atoms with Gasteiger partial charge >= 0.3 is 0 Å². The number of halogens is 1. The lowest BCUT2D eigenvalue weighted by Gasteiger charge is -2.17. The first-order valence-corrected chi connectivity index (χ1v) is 5.74. The Morgan fingerprint density at radius 3 is 2.50 bits per heavy atom. The van der Waals surface area contributed by atoms with Crippen molar-refractivity contribution < 1.29 is 4.39 Å². The average Bonchev–Trinajstić information content (AvgIpc) is 2.30. The summed E-state index contributed by atoms with van der Waals surface area (Å²) in [5.74, 6) is -0.178. The van der Waals surface area contributed by atoms with Gasteiger partial charge in [0.1, 0.15) is 5.82 Å². The van der Waals surface area contributed by atoms with E-state index in [-0.39, 0.29) is 5.82 Å². The molecule has 1 rings (SSSR count). The summed E-state index contributed by atoms with van der Waals surface area (Å²) in [4.78, 5) is 0. The van der Waals surface area contributed by atoms with Crippen molar-refractivity contribution in [3.8, 4) is 0 Å². The van der Waals surface area contributed by atoms with Gasteiger partial charge in [0.05, 0.1) is 0 Å². The fraction of sp³-hybridized carbons (Fsp3) is 0.429. The average molecular weight is 221 g/mol. The van der Waals surface area contributed by atoms with Gasteiger partial charge in [-0.25, -0.2) is 4.39 Å². The van der Waals surface area contributed by atoms with Crippen molar-refractivity contribution in [2.75, 3.05) is 7.05 Å². The minimum atomic E-state index is -0.178. The van der Waals surface area contributed by atoms with E-state index in [1.54, 1.807) is 0 Å². The van der Waals surface area contributed by atoms with Crippen LogP contribution in [0.4, 0.5) is 4.39 Å². The minimum absolute atomic E-state index is 0.178. The van der Waals surface area contributed by atoms with Gasteiger partial charge in [0.2, 0.25) is 0 Å². The molecule has 0 aliphatic carbocycles. The molecular formula is C14H20FN. The zero-order valence-corrected chi connectivity index (χ0v) is 10.1. The zero-order valence-electron chi connectivity index (χ0n) is 10.1. The molecule has 1 aromatic rings. The molecule has 0 radical (unpaired) electrons. The van der Waals surface area contributed by atoms with E-state index in [1.807, 2.05) is 19.2 Å². The lowest BCUT2D eigenvalue weighted by molar-refractivity contribution is 0.548. The molecular weight excluding hydrogens is 201 g/mol. The first-order valence-electron chi connectivity index (χ1n) is 5.74. The van der Waals surface area contributed by atoms with Crippen LogP contribution in [0.5, 0.6) is 0 Å². The minimum Gasteiger partial charge on any atom is -0.316 e. The summed E-state index contributed by atoms with van der Waals surface area (Å²) in [5, 5.41) is 3.28. The molecule has 0 aliphatic heterocycles. The van der Waals surface area contributed by atoms with Crippen molar-refractivity contribution in [2.45, 2.75) is 32.2 Å². The van der Waals surface area contributed by atoms with Gasteiger partial charge in [-0.05, 0) is 44.0 Å². The molecule has 0 spiro atoms. The third-order valence-electron chi connectivity index (χ3n) is 2.84. The monoisotopic (exact) mass is 221 g/mol. The molecule has 1 unspecified atom stereocenters. The second-order valence-corrected chi connectivity index (χ2v) is 4.12. The van der Waals surface area contributed by atoms with Crippen LogP contribution in [0.15, 0.2) is 36.4 Å². The van der Waals surface area contributed by atoms with Crippen LogP contribution >= 0.6 is 0 Å². The van der Waals surface area contributed by atoms with E-state index in [0.29, 0.717) is 6.04 Å². The molecule has 1 nitrogen and oxygen atoms in total. The van der Waals surface area contributed by atoms with Gasteiger partial charge in [0.25, 0.3) is 0 Å². The molecule has 2 heteroatoms. The van der Waals surface area contributed by atoms with Crippen LogP contribution in [0, 0.1) is 5.82 Å². The molecule has 16 heavy (non-hydrogen) atoms. The van der Waals surface area contributed by atoms with Crippen LogP contribution in [0.25, 0.3) is 0 Å². The van der Waals surface area contributed by atoms with Gasteiger partial charge in [-0.1, -0.05) is 31.2 Å². The lowest BCUT2D eigenvalue weighted by atomic mass is 9.99. The summed E-state index contributed by atoms with van der Waals surface area (Å²) in [7, 11) is 1.96. The molecule has 88 valence electrons. The highest BCUT2D eigenvalue weighted by Crippen LogP contribution is 2.12. The predicted octanol–water partition coefficient (Wildman–Crippen LogP) is 3.31. The van der Waals surface area contributed by atoms with E-state index >= 15 is 0 Å². The van der Waals surface area contributed by atoms with Gasteiger partial charge in [0, 0.05) is 6.04 Å². The normalized spacial score (nSPS) is 12.4. The first-order chi connectivity index (χ1) is 7.65. The SMILES string of the molecule is C=C(CC)CC(Cc1ccc(F)cc1)NC. The Hall–Kier alpha value is -1.15. The van der Waals surface area contributed by atoms with Gasteiger partial charge in [-0.2, -0.15) is 0 Å². The topological polar surface area (TPSA) is 12.0 Å². The van der Waals surface area contributed by atoms with E-state index in [1.165, 1.54) is 17.7 Å². The lowest BCUT2D eigenvalue weighted by Crippen LogP contribution is -2.27. The Morgan fingerprint density at radius 2 is 2.00 bits per heavy atom. The number of benzene rings is 1. The highest BCUT2D eigenvalue weighted by Gasteiger charge is 2.08. The van der Waals surface area contributed by atoms with Gasteiger partial charge < -0.3 is 5.32 Å². The fourth-order valence-corrected chi connectivity index (χ4v) is 1.67. The van der Waals surface area contributed by atoms with Crippen LogP contribution in [-0.4, -0.2) is 13.1 Å². The van der Waals surface area contributed by atoms with E-state index in [0.717, 1.165) is 24.8 Å². The molecule has 0 saturated heterocycles. The molecule has 1 aromatic carbocycles. The predicted molar refractivity (Wildman–Crippen MR) is 67.0 cm³/mol. The first kappa shape index (κ1) is 12.9. The second kappa shape index (κ2) is 6.44. The summed E-state index contributed by atoms with van der Waals surface area (Å²) in [5.41, 5.74) is 2.41. The maximum atomic E-state index is 12.7. The maximum absolute atomic E-state index is 12.7. The summed E-state index contributed by atoms with van der Waals surface area (Å²) in [6, 6.07) is 7.09. The van der Waals surface area contributed by atoms with Crippen molar-refractivity contribution in [3.05, 3.63) is 47.8 Å². The van der Waals surface area contributed by atoms with Crippen molar-refractivity contribution in [1.82, 2.24) is 5.32 Å². The highest BCUT2D eigenvalue weighted by atomic mass is 19.1. The molecule has 1 N–H and O–H groups in total. The van der Waals surface area contributed by atoms with Crippen molar-refractivity contribution >= 4 is 0 Å². The third-order valence-corrected chi connectivity index (χ3v) is 2.84. The van der Waals surface area contributed by atoms with Crippen molar-refractivity contribution in [2.24, 2.45) is 0 Å². The summed E-state index contributed by atoms with van der Waals surface area (Å²) < 4.78 is 12.7. The zero-order chi connectivity index (χ0) is 12.0. The van der Waals surface area contributed by atoms with Crippen LogP contribution < -0.4 is 5.32 Å². The molecule has 1 atom stereocenters. The summed E-state index contributed by atoms with van der Waals surface area (Å²) >= 11 is 0. The quantitative estimate of drug-likeness (QED) is 0.727. The number of nitrogens with one attached hydrogen (secondary N) is 1. The molecule has 0 amide bonds. The van der Waals surface area contributed by atoms with Crippen molar-refractivity contribution in [3.63, 3.8) is 0 Å². The highest BCUT2D eigenvalue weighted by molar-refractivity contribution is 5.17. The maximum Gasteiger partial charge on any atom is 0.123 e. The van der Waals surface area contributed by atoms with Crippen LogP contribution in [-0.2, 0) is 6.42 Å². The second-order valence-electron chi connectivity index (χ2n) is 4.12. The largest absolute Gasteiger partial charge is 0.316 e. The molecule has 0 aliphatic rings. The van der Waals surface area contributed by atoms with E-state index in [9.17, 15) is 4.39 Å². The van der Waals surface area contributed by atoms with Crippen LogP contribution in [0.3, 0.4) is 0 Å². The van der Waals surface area contributed by atoms with E-state index < -0.39 is 0 Å². The Kier molecular flexibility index (Phi) is 5.20. The Morgan fingerprint density at radius 1 is 1.38 bits per heavy atom. The van der Waals surface area contributed by atoms with Crippen molar-refractivity contribution in [1.29, 1.82) is 0 Å². The van der Waals surface area contributed by atoms with Gasteiger partial charge in [0.15, 0.2) is 0 Å². The Labute approximate surface area is 97.4 Å². The van der Waals surface area contributed by atoms with E-state index in [2.05, 4.69) is 18.8 Å². The molecule has 0 fully saturated rings. The molecule has 0 aromatic heterocycles. The number of hydrogen-bond donors (Lipinski definition) is 1. The van der Waals surface area contributed by atoms with Crippen LogP contribution in [0.1, 0.15) is 25.3 Å². The van der Waals surface area contributed by atoms with Gasteiger partial charge in [-0.3, -0.25) is 0 Å². The number of hydrogen-bond acceptors (Lipinski definition) is 1. The van der Waals surface area contributed by atoms with Gasteiger partial charge in [-0.15, -0.1) is 0 Å². The third kappa shape index (κ3) is 4.15. The standard InChI is InChI=1S/C14H20FN/c1-4-11(2)9-14(16-3)10-12-5-7-13(15)8-6-12/h5-8,14,16H,2,4,9-10H2,1,3H3. The molecule has 0 bridgehead atoms. The Balaban J connectivity index is 2.56. The van der Waals surface area contributed by atoms with Crippen LogP contribution in [0.2, 0.25) is 0 Å². The molecule has 0 heterocycles. The fourth-order valence-electron chi connectivity index (χ4n) is 1.67. The smallest absolute Gasteiger partial charge is 0.123 e. The Bertz CT molecular complexity index is 329. The molecule has 0 saturated carbocycles. The number of rotatable bonds is 6. The summed E-state index contributed by atoms with van der Waals surface area (Å²) in [6.45, 7) is 6.13. The van der Waals surface area contributed by atoms with E-state index in [4.69, 9.17) is 0 Å². The number of likely N-dealkylation sites (N-methyl/N-ethyl adjacent to an activating group) is 1. The summed E-state index contributed by atoms with van der Waals surface area (Å²) in [6.07, 6.45) is 2.90.